The highest BCUT2D eigenvalue weighted by Crippen LogP contribution is 2.36. The summed E-state index contributed by atoms with van der Waals surface area (Å²) in [4.78, 5) is 60.3. The van der Waals surface area contributed by atoms with Crippen molar-refractivity contribution in [2.45, 2.75) is 88.8 Å². The van der Waals surface area contributed by atoms with Crippen molar-refractivity contribution in [1.29, 1.82) is 0 Å². The quantitative estimate of drug-likeness (QED) is 0.152. The third-order valence-corrected chi connectivity index (χ3v) is 12.7. The predicted molar refractivity (Wildman–Crippen MR) is 220 cm³/mol. The molecule has 2 aliphatic carbocycles. The highest BCUT2D eigenvalue weighted by Gasteiger charge is 2.32. The van der Waals surface area contributed by atoms with Gasteiger partial charge in [0.05, 0.1) is 41.1 Å². The summed E-state index contributed by atoms with van der Waals surface area (Å²) >= 11 is 0. The van der Waals surface area contributed by atoms with Crippen LogP contribution in [-0.4, -0.2) is 106 Å². The number of nitrogens with zero attached hydrogens (tertiary/aromatic N) is 9. The zero-order chi connectivity index (χ0) is 42.2. The van der Waals surface area contributed by atoms with Crippen molar-refractivity contribution in [3.05, 3.63) is 70.2 Å². The predicted octanol–water partition coefficient (Wildman–Crippen LogP) is 4.47. The fraction of sp³-hybridized carbons (Fsp3) is 0.512. The van der Waals surface area contributed by atoms with Crippen LogP contribution in [0.1, 0.15) is 104 Å². The molecular formula is C43H49F2N11O5. The van der Waals surface area contributed by atoms with E-state index >= 15 is 0 Å². The van der Waals surface area contributed by atoms with Crippen molar-refractivity contribution >= 4 is 40.1 Å². The Labute approximate surface area is 350 Å². The number of carbonyl (C=O) groups excluding carboxylic acids is 3. The SMILES string of the molecule is Cn1c(=O)n(C2CCC(=O)NC2=O)c2cccc(C#CCN3CCN(C[C@H]4CC[C@H](n5cc(NC(=O)c6cnn7ccc(OC8CCCC8)nc67)c(C(F)F)n5)CC4)CC3)c21. The van der Waals surface area contributed by atoms with Crippen molar-refractivity contribution in [2.75, 3.05) is 44.6 Å². The molecule has 2 aliphatic heterocycles. The van der Waals surface area contributed by atoms with E-state index in [2.05, 4.69) is 47.5 Å². The summed E-state index contributed by atoms with van der Waals surface area (Å²) in [6, 6.07) is 6.42. The molecular weight excluding hydrogens is 789 g/mol. The largest absolute Gasteiger partial charge is 0.474 e. The molecule has 16 nitrogen and oxygen atoms in total. The maximum Gasteiger partial charge on any atom is 0.329 e. The lowest BCUT2D eigenvalue weighted by molar-refractivity contribution is -0.135. The number of alkyl halides is 2. The van der Waals surface area contributed by atoms with Crippen LogP contribution in [0.2, 0.25) is 0 Å². The van der Waals surface area contributed by atoms with Crippen LogP contribution >= 0.6 is 0 Å². The number of piperidine rings is 1. The lowest BCUT2D eigenvalue weighted by atomic mass is 9.85. The van der Waals surface area contributed by atoms with Gasteiger partial charge < -0.3 is 15.0 Å². The van der Waals surface area contributed by atoms with Crippen LogP contribution in [0.5, 0.6) is 5.88 Å². The number of aromatic nitrogens is 7. The smallest absolute Gasteiger partial charge is 0.329 e. The molecule has 1 unspecified atom stereocenters. The molecule has 0 spiro atoms. The van der Waals surface area contributed by atoms with Crippen molar-refractivity contribution in [3.63, 3.8) is 0 Å². The Morgan fingerprint density at radius 1 is 1.00 bits per heavy atom. The third kappa shape index (κ3) is 8.40. The van der Waals surface area contributed by atoms with Crippen LogP contribution in [-0.2, 0) is 16.6 Å². The average Bonchev–Trinajstić information content (AvgIpc) is 4.06. The molecule has 5 aromatic rings. The van der Waals surface area contributed by atoms with Crippen molar-refractivity contribution in [1.82, 2.24) is 48.6 Å². The molecule has 3 amide bonds. The van der Waals surface area contributed by atoms with Gasteiger partial charge in [0.15, 0.2) is 11.3 Å². The van der Waals surface area contributed by atoms with E-state index in [-0.39, 0.29) is 53.5 Å². The van der Waals surface area contributed by atoms with Crippen LogP contribution < -0.4 is 21.1 Å². The number of fused-ring (bicyclic) bond motifs is 2. The molecule has 1 aromatic carbocycles. The molecule has 320 valence electrons. The molecule has 9 rings (SSSR count). The van der Waals surface area contributed by atoms with Crippen molar-refractivity contribution < 1.29 is 27.9 Å². The van der Waals surface area contributed by atoms with E-state index in [4.69, 9.17) is 4.74 Å². The number of rotatable bonds is 10. The van der Waals surface area contributed by atoms with Crippen molar-refractivity contribution in [3.8, 4) is 17.7 Å². The minimum Gasteiger partial charge on any atom is -0.474 e. The topological polar surface area (TPSA) is 166 Å². The maximum absolute atomic E-state index is 14.2. The number of nitrogens with one attached hydrogen (secondary N) is 2. The lowest BCUT2D eigenvalue weighted by Gasteiger charge is -2.37. The molecule has 4 aromatic heterocycles. The molecule has 1 atom stereocenters. The van der Waals surface area contributed by atoms with E-state index < -0.39 is 30.0 Å². The van der Waals surface area contributed by atoms with E-state index in [1.807, 2.05) is 12.1 Å². The monoisotopic (exact) mass is 837 g/mol. The molecule has 2 N–H and O–H groups in total. The number of imide groups is 1. The number of para-hydroxylation sites is 1. The fourth-order valence-electron chi connectivity index (χ4n) is 9.40. The number of imidazole rings is 1. The third-order valence-electron chi connectivity index (χ3n) is 12.7. The van der Waals surface area contributed by atoms with Gasteiger partial charge in [-0.25, -0.2) is 18.1 Å². The van der Waals surface area contributed by atoms with Crippen LogP contribution in [0, 0.1) is 17.8 Å². The van der Waals surface area contributed by atoms with E-state index in [0.717, 1.165) is 84.1 Å². The fourth-order valence-corrected chi connectivity index (χ4v) is 9.40. The van der Waals surface area contributed by atoms with Gasteiger partial charge in [0, 0.05) is 64.7 Å². The summed E-state index contributed by atoms with van der Waals surface area (Å²) < 4.78 is 40.6. The highest BCUT2D eigenvalue weighted by molar-refractivity contribution is 6.08. The van der Waals surface area contributed by atoms with E-state index in [1.165, 1.54) is 26.0 Å². The first-order chi connectivity index (χ1) is 29.6. The Bertz CT molecular complexity index is 2580. The number of hydrogen-bond acceptors (Lipinski definition) is 10. The number of carbonyl (C=O) groups is 3. The van der Waals surface area contributed by atoms with Gasteiger partial charge in [-0.2, -0.15) is 15.2 Å². The number of hydrogen-bond donors (Lipinski definition) is 2. The summed E-state index contributed by atoms with van der Waals surface area (Å²) in [7, 11) is 1.67. The summed E-state index contributed by atoms with van der Waals surface area (Å²) in [5.41, 5.74) is 1.63. The molecule has 2 saturated carbocycles. The van der Waals surface area contributed by atoms with Gasteiger partial charge in [0.2, 0.25) is 17.7 Å². The first kappa shape index (κ1) is 40.5. The van der Waals surface area contributed by atoms with Crippen LogP contribution in [0.25, 0.3) is 16.7 Å². The second-order valence-corrected chi connectivity index (χ2v) is 16.7. The second kappa shape index (κ2) is 17.2. The standard InChI is InChI=1S/C43H49F2N11O5/c1-51-38-28(6-4-10-33(38)56(43(51)60)34-15-16-35(57)48-42(34)59)7-5-18-52-20-22-53(23-21-52)25-27-11-13-29(14-12-27)55-26-32(37(50-55)39(44)45)47-41(58)31-24-46-54-19-17-36(49-40(31)54)61-30-8-2-3-9-30/h4,6,10,17,19,24,26-27,29-30,34,39H,2-3,8-9,11-16,18,20-23,25H2,1H3,(H,47,58)(H,48,57,59)/t27-,29-,34?. The number of ether oxygens (including phenoxy) is 1. The number of aryl methyl sites for hydroxylation is 1. The minimum absolute atomic E-state index is 0.0195. The molecule has 0 bridgehead atoms. The van der Waals surface area contributed by atoms with Crippen LogP contribution in [0.15, 0.2) is 47.7 Å². The molecule has 0 radical (unpaired) electrons. The van der Waals surface area contributed by atoms with E-state index in [1.54, 1.807) is 30.1 Å². The Hall–Kier alpha value is -5.93. The molecule has 4 aliphatic rings. The second-order valence-electron chi connectivity index (χ2n) is 16.7. The molecule has 6 heterocycles. The summed E-state index contributed by atoms with van der Waals surface area (Å²) in [5.74, 6) is 6.06. The van der Waals surface area contributed by atoms with Gasteiger partial charge in [-0.05, 0) is 75.8 Å². The number of anilines is 1. The molecule has 61 heavy (non-hydrogen) atoms. The molecule has 2 saturated heterocycles. The average molecular weight is 838 g/mol. The zero-order valence-corrected chi connectivity index (χ0v) is 34.1. The van der Waals surface area contributed by atoms with Crippen LogP contribution in [0.4, 0.5) is 14.5 Å². The summed E-state index contributed by atoms with van der Waals surface area (Å²) in [6.45, 7) is 5.12. The number of halogens is 2. The van der Waals surface area contributed by atoms with Gasteiger partial charge in [-0.1, -0.05) is 17.9 Å². The number of benzene rings is 1. The van der Waals surface area contributed by atoms with Crippen molar-refractivity contribution in [2.24, 2.45) is 13.0 Å². The first-order valence-corrected chi connectivity index (χ1v) is 21.3. The van der Waals surface area contributed by atoms with Gasteiger partial charge in [0.25, 0.3) is 12.3 Å². The Balaban J connectivity index is 0.765. The molecule has 18 heteroatoms. The Morgan fingerprint density at radius 2 is 1.77 bits per heavy atom. The summed E-state index contributed by atoms with van der Waals surface area (Å²) in [6.07, 6.45) is 9.87. The summed E-state index contributed by atoms with van der Waals surface area (Å²) in [5, 5.41) is 13.5. The van der Waals surface area contributed by atoms with Gasteiger partial charge in [0.1, 0.15) is 17.7 Å². The van der Waals surface area contributed by atoms with Gasteiger partial charge in [-0.3, -0.25) is 38.4 Å². The van der Waals surface area contributed by atoms with Crippen LogP contribution in [0.3, 0.4) is 0 Å². The van der Waals surface area contributed by atoms with Gasteiger partial charge >= 0.3 is 5.69 Å². The maximum atomic E-state index is 14.2. The zero-order valence-electron chi connectivity index (χ0n) is 34.1. The minimum atomic E-state index is -2.87. The normalized spacial score (nSPS) is 21.9. The molecule has 4 fully saturated rings. The number of amides is 3. The highest BCUT2D eigenvalue weighted by atomic mass is 19.3. The van der Waals surface area contributed by atoms with E-state index in [0.29, 0.717) is 34.9 Å². The first-order valence-electron chi connectivity index (χ1n) is 21.3. The van der Waals surface area contributed by atoms with E-state index in [9.17, 15) is 28.0 Å². The lowest BCUT2D eigenvalue weighted by Crippen LogP contribution is -2.48. The van der Waals surface area contributed by atoms with Gasteiger partial charge in [-0.15, -0.1) is 0 Å². The number of piperazine rings is 1. The Morgan fingerprint density at radius 3 is 2.52 bits per heavy atom. The Kier molecular flexibility index (Phi) is 11.4.